The van der Waals surface area contributed by atoms with E-state index in [2.05, 4.69) is 33.8 Å². The van der Waals surface area contributed by atoms with Crippen LogP contribution in [-0.2, 0) is 16.1 Å². The molecule has 2 amide bonds. The molecule has 1 fully saturated rings. The normalized spacial score (nSPS) is 15.8. The maximum Gasteiger partial charge on any atom is 0.258 e. The van der Waals surface area contributed by atoms with Crippen LogP contribution in [-0.4, -0.2) is 45.9 Å². The zero-order valence-electron chi connectivity index (χ0n) is 15.7. The first-order valence-electron chi connectivity index (χ1n) is 9.13. The number of hydrogen-bond donors (Lipinski definition) is 0. The molecule has 0 unspecified atom stereocenters. The van der Waals surface area contributed by atoms with E-state index in [9.17, 15) is 9.59 Å². The van der Waals surface area contributed by atoms with E-state index in [-0.39, 0.29) is 17.6 Å². The van der Waals surface area contributed by atoms with Gasteiger partial charge in [-0.1, -0.05) is 40.1 Å². The highest BCUT2D eigenvalue weighted by molar-refractivity contribution is 9.10. The molecular formula is C20H22BrN3O2S2. The Morgan fingerprint density at radius 2 is 2.11 bits per heavy atom. The lowest BCUT2D eigenvalue weighted by Crippen LogP contribution is -2.39. The fraction of sp³-hybridized carbons (Fsp3) is 0.450. The van der Waals surface area contributed by atoms with Gasteiger partial charge >= 0.3 is 0 Å². The number of amides is 2. The van der Waals surface area contributed by atoms with E-state index >= 15 is 0 Å². The summed E-state index contributed by atoms with van der Waals surface area (Å²) >= 11 is 6.22. The number of nitrogens with zero attached hydrogens (tertiary/aromatic N) is 3. The number of carbonyl (C=O) groups excluding carboxylic acids is 2. The summed E-state index contributed by atoms with van der Waals surface area (Å²) in [4.78, 5) is 31.3. The summed E-state index contributed by atoms with van der Waals surface area (Å²) in [6, 6.07) is 5.89. The maximum absolute atomic E-state index is 12.3. The van der Waals surface area contributed by atoms with Gasteiger partial charge in [0.1, 0.15) is 0 Å². The molecule has 0 atom stereocenters. The summed E-state index contributed by atoms with van der Waals surface area (Å²) in [5, 5.41) is 0. The fourth-order valence-corrected chi connectivity index (χ4v) is 5.39. The van der Waals surface area contributed by atoms with Crippen LogP contribution in [0.2, 0.25) is 0 Å². The van der Waals surface area contributed by atoms with Gasteiger partial charge in [-0.15, -0.1) is 18.2 Å². The average molecular weight is 480 g/mol. The lowest BCUT2D eigenvalue weighted by atomic mass is 9.99. The molecule has 148 valence electrons. The second-order valence-electron chi connectivity index (χ2n) is 6.85. The van der Waals surface area contributed by atoms with Crippen LogP contribution in [0.15, 0.2) is 27.7 Å². The number of likely N-dealkylation sites (tertiary alicyclic amines) is 1. The number of terminal acetylenes is 1. The van der Waals surface area contributed by atoms with Crippen LogP contribution in [0.5, 0.6) is 0 Å². The number of halogens is 1. The van der Waals surface area contributed by atoms with Crippen LogP contribution in [0, 0.1) is 18.3 Å². The summed E-state index contributed by atoms with van der Waals surface area (Å²) in [5.74, 6) is 3.67. The number of carbonyl (C=O) groups is 2. The number of thiazole rings is 1. The Bertz CT molecular complexity index is 981. The smallest absolute Gasteiger partial charge is 0.258 e. The molecule has 0 saturated carbocycles. The lowest BCUT2D eigenvalue weighted by molar-refractivity contribution is -0.129. The Labute approximate surface area is 181 Å². The predicted octanol–water partition coefficient (Wildman–Crippen LogP) is 3.52. The quantitative estimate of drug-likeness (QED) is 0.616. The van der Waals surface area contributed by atoms with E-state index in [1.165, 1.54) is 23.1 Å². The minimum atomic E-state index is -0.249. The highest BCUT2D eigenvalue weighted by Gasteiger charge is 2.20. The Hall–Kier alpha value is -1.56. The molecule has 2 heterocycles. The number of rotatable bonds is 5. The van der Waals surface area contributed by atoms with Crippen molar-refractivity contribution >= 4 is 61.1 Å². The first-order valence-corrected chi connectivity index (χ1v) is 11.9. The molecule has 1 saturated heterocycles. The minimum absolute atomic E-state index is 0.110. The zero-order valence-corrected chi connectivity index (χ0v) is 18.9. The molecule has 2 aromatic rings. The van der Waals surface area contributed by atoms with Gasteiger partial charge in [-0.3, -0.25) is 9.59 Å². The molecular weight excluding hydrogens is 458 g/mol. The Kier molecular flexibility index (Phi) is 7.38. The molecule has 0 spiro atoms. The standard InChI is InChI=1S/C20H22BrN3O2S2/c1-3-8-24-16-5-4-15(21)11-17(16)28-20(24)22-18(25)12-27-13-19(26)23-9-6-14(2)7-10-23/h1,4-5,11,14H,6-10,12-13H2,2H3. The maximum atomic E-state index is 12.3. The summed E-state index contributed by atoms with van der Waals surface area (Å²) in [6.07, 6.45) is 7.60. The van der Waals surface area contributed by atoms with Crippen LogP contribution in [0.25, 0.3) is 10.2 Å². The third kappa shape index (κ3) is 5.28. The highest BCUT2D eigenvalue weighted by atomic mass is 79.9. The van der Waals surface area contributed by atoms with Crippen LogP contribution >= 0.6 is 39.0 Å². The molecule has 5 nitrogen and oxygen atoms in total. The third-order valence-electron chi connectivity index (χ3n) is 4.70. The van der Waals surface area contributed by atoms with Crippen LogP contribution in [0.4, 0.5) is 0 Å². The van der Waals surface area contributed by atoms with Crippen molar-refractivity contribution in [2.24, 2.45) is 10.9 Å². The summed E-state index contributed by atoms with van der Waals surface area (Å²) in [7, 11) is 0. The van der Waals surface area contributed by atoms with Crippen molar-refractivity contribution in [3.05, 3.63) is 27.5 Å². The van der Waals surface area contributed by atoms with E-state index < -0.39 is 0 Å². The minimum Gasteiger partial charge on any atom is -0.342 e. The van der Waals surface area contributed by atoms with Gasteiger partial charge in [-0.25, -0.2) is 0 Å². The number of fused-ring (bicyclic) bond motifs is 1. The Balaban J connectivity index is 1.63. The summed E-state index contributed by atoms with van der Waals surface area (Å²) in [6.45, 7) is 4.22. The molecule has 1 aromatic heterocycles. The Morgan fingerprint density at radius 1 is 1.36 bits per heavy atom. The van der Waals surface area contributed by atoms with E-state index in [0.717, 1.165) is 40.6 Å². The average Bonchev–Trinajstić information content (AvgIpc) is 2.98. The lowest BCUT2D eigenvalue weighted by Gasteiger charge is -2.30. The van der Waals surface area contributed by atoms with Gasteiger partial charge in [0.2, 0.25) is 5.91 Å². The second kappa shape index (κ2) is 9.77. The van der Waals surface area contributed by atoms with E-state index in [4.69, 9.17) is 6.42 Å². The molecule has 0 aliphatic carbocycles. The SMILES string of the molecule is C#CCn1c(=NC(=O)CSCC(=O)N2CCC(C)CC2)sc2cc(Br)ccc21. The molecule has 1 aliphatic rings. The number of aromatic nitrogens is 1. The van der Waals surface area contributed by atoms with E-state index in [1.807, 2.05) is 27.7 Å². The monoisotopic (exact) mass is 479 g/mol. The first-order chi connectivity index (χ1) is 13.5. The molecule has 0 bridgehead atoms. The van der Waals surface area contributed by atoms with Gasteiger partial charge in [0.25, 0.3) is 5.91 Å². The van der Waals surface area contributed by atoms with Crippen molar-refractivity contribution in [3.8, 4) is 12.3 Å². The molecule has 1 aromatic carbocycles. The second-order valence-corrected chi connectivity index (χ2v) is 9.76. The fourth-order valence-electron chi connectivity index (χ4n) is 3.09. The largest absolute Gasteiger partial charge is 0.342 e. The van der Waals surface area contributed by atoms with Crippen LogP contribution in [0.1, 0.15) is 19.8 Å². The molecule has 1 aliphatic heterocycles. The van der Waals surface area contributed by atoms with Crippen molar-refractivity contribution in [1.29, 1.82) is 0 Å². The number of thioether (sulfide) groups is 1. The van der Waals surface area contributed by atoms with Gasteiger partial charge in [0, 0.05) is 17.6 Å². The summed E-state index contributed by atoms with van der Waals surface area (Å²) < 4.78 is 3.85. The van der Waals surface area contributed by atoms with Gasteiger partial charge in [-0.2, -0.15) is 4.99 Å². The molecule has 8 heteroatoms. The number of benzene rings is 1. The molecule has 0 radical (unpaired) electrons. The zero-order chi connectivity index (χ0) is 20.1. The van der Waals surface area contributed by atoms with Crippen LogP contribution in [0.3, 0.4) is 0 Å². The van der Waals surface area contributed by atoms with Crippen molar-refractivity contribution in [2.75, 3.05) is 24.6 Å². The Morgan fingerprint density at radius 3 is 2.82 bits per heavy atom. The predicted molar refractivity (Wildman–Crippen MR) is 119 cm³/mol. The number of hydrogen-bond acceptors (Lipinski definition) is 4. The van der Waals surface area contributed by atoms with Crippen molar-refractivity contribution in [3.63, 3.8) is 0 Å². The molecule has 28 heavy (non-hydrogen) atoms. The van der Waals surface area contributed by atoms with Crippen LogP contribution < -0.4 is 4.80 Å². The van der Waals surface area contributed by atoms with Gasteiger partial charge in [-0.05, 0) is 37.0 Å². The van der Waals surface area contributed by atoms with E-state index in [0.29, 0.717) is 23.0 Å². The molecule has 3 rings (SSSR count). The third-order valence-corrected chi connectivity index (χ3v) is 7.14. The van der Waals surface area contributed by atoms with Gasteiger partial charge in [0.05, 0.1) is 28.3 Å². The van der Waals surface area contributed by atoms with Crippen molar-refractivity contribution in [1.82, 2.24) is 9.47 Å². The topological polar surface area (TPSA) is 54.7 Å². The summed E-state index contributed by atoms with van der Waals surface area (Å²) in [5.41, 5.74) is 0.958. The van der Waals surface area contributed by atoms with Crippen molar-refractivity contribution < 1.29 is 9.59 Å². The molecule has 0 N–H and O–H groups in total. The van der Waals surface area contributed by atoms with Gasteiger partial charge in [0.15, 0.2) is 4.80 Å². The highest BCUT2D eigenvalue weighted by Crippen LogP contribution is 2.22. The number of piperidine rings is 1. The van der Waals surface area contributed by atoms with Gasteiger partial charge < -0.3 is 9.47 Å². The van der Waals surface area contributed by atoms with E-state index in [1.54, 1.807) is 0 Å². The van der Waals surface area contributed by atoms with Crippen molar-refractivity contribution in [2.45, 2.75) is 26.3 Å². The first kappa shape index (κ1) is 21.2.